The number of H-pyrrole nitrogens is 1. The van der Waals surface area contributed by atoms with Gasteiger partial charge in [0, 0.05) is 32.9 Å². The highest BCUT2D eigenvalue weighted by Gasteiger charge is 2.16. The Hall–Kier alpha value is -2.18. The van der Waals surface area contributed by atoms with E-state index in [1.165, 1.54) is 29.3 Å². The monoisotopic (exact) mass is 237 g/mol. The fourth-order valence-corrected chi connectivity index (χ4v) is 1.27. The minimum Gasteiger partial charge on any atom is -0.329 e. The van der Waals surface area contributed by atoms with Crippen molar-refractivity contribution >= 4 is 18.3 Å². The molecule has 1 aromatic rings. The second-order valence-electron chi connectivity index (χ2n) is 3.55. The zero-order valence-corrected chi connectivity index (χ0v) is 10.3. The molecule has 0 saturated carbocycles. The summed E-state index contributed by atoms with van der Waals surface area (Å²) in [6.45, 7) is 1.72. The van der Waals surface area contributed by atoms with Crippen LogP contribution in [0, 0.1) is 6.92 Å². The highest BCUT2D eigenvalue weighted by molar-refractivity contribution is 5.96. The number of aliphatic imine (C=N–C) groups is 1. The minimum atomic E-state index is -0.386. The molecule has 7 heteroatoms. The van der Waals surface area contributed by atoms with Crippen molar-refractivity contribution in [2.24, 2.45) is 4.99 Å². The predicted octanol–water partition coefficient (Wildman–Crippen LogP) is 0.224. The third-order valence-corrected chi connectivity index (χ3v) is 2.06. The number of amides is 2. The Bertz CT molecular complexity index is 494. The number of carbonyl (C=O) groups is 1. The summed E-state index contributed by atoms with van der Waals surface area (Å²) in [4.78, 5) is 35.9. The predicted molar refractivity (Wildman–Crippen MR) is 65.6 cm³/mol. The van der Waals surface area contributed by atoms with Crippen molar-refractivity contribution in [3.8, 4) is 0 Å². The van der Waals surface area contributed by atoms with E-state index in [1.807, 2.05) is 0 Å². The van der Waals surface area contributed by atoms with Gasteiger partial charge in [-0.05, 0) is 6.92 Å². The molecule has 1 rings (SSSR count). The number of aromatic nitrogens is 2. The molecule has 0 bridgehead atoms. The van der Waals surface area contributed by atoms with Gasteiger partial charge in [-0.25, -0.2) is 4.79 Å². The summed E-state index contributed by atoms with van der Waals surface area (Å²) in [6, 6.07) is 1.02. The largest absolute Gasteiger partial charge is 0.331 e. The lowest BCUT2D eigenvalue weighted by Gasteiger charge is -2.20. The average Bonchev–Trinajstić information content (AvgIpc) is 2.26. The Morgan fingerprint density at radius 1 is 1.53 bits per heavy atom. The molecule has 0 radical (unpaired) electrons. The first-order valence-electron chi connectivity index (χ1n) is 4.96. The first-order chi connectivity index (χ1) is 7.95. The van der Waals surface area contributed by atoms with Crippen molar-refractivity contribution in [1.29, 1.82) is 0 Å². The number of hydrogen-bond acceptors (Lipinski definition) is 4. The zero-order valence-electron chi connectivity index (χ0n) is 10.3. The van der Waals surface area contributed by atoms with E-state index in [-0.39, 0.29) is 17.5 Å². The van der Waals surface area contributed by atoms with Crippen LogP contribution in [0.4, 0.5) is 10.7 Å². The van der Waals surface area contributed by atoms with E-state index in [0.717, 1.165) is 0 Å². The molecule has 0 aliphatic rings. The topological polar surface area (TPSA) is 81.7 Å². The summed E-state index contributed by atoms with van der Waals surface area (Å²) in [5.41, 5.74) is 0.258. The molecule has 0 aromatic carbocycles. The van der Waals surface area contributed by atoms with Gasteiger partial charge in [-0.15, -0.1) is 0 Å². The third-order valence-electron chi connectivity index (χ3n) is 2.06. The molecule has 0 fully saturated rings. The van der Waals surface area contributed by atoms with E-state index in [1.54, 1.807) is 21.0 Å². The molecule has 92 valence electrons. The first kappa shape index (κ1) is 12.9. The highest BCUT2D eigenvalue weighted by Crippen LogP contribution is 2.04. The van der Waals surface area contributed by atoms with Crippen LogP contribution in [0.15, 0.2) is 15.9 Å². The summed E-state index contributed by atoms with van der Waals surface area (Å²) in [7, 11) is 4.66. The van der Waals surface area contributed by atoms with Crippen LogP contribution in [0.3, 0.4) is 0 Å². The molecule has 0 unspecified atom stereocenters. The summed E-state index contributed by atoms with van der Waals surface area (Å²) in [5.74, 6) is 0.205. The molecular formula is C10H15N5O2. The Morgan fingerprint density at radius 3 is 2.71 bits per heavy atom. The van der Waals surface area contributed by atoms with Gasteiger partial charge in [0.15, 0.2) is 0 Å². The van der Waals surface area contributed by atoms with Gasteiger partial charge in [-0.2, -0.15) is 4.98 Å². The van der Waals surface area contributed by atoms with E-state index in [2.05, 4.69) is 15.0 Å². The number of hydrogen-bond donors (Lipinski definition) is 1. The standard InChI is InChI=1S/C10H15N5O2/c1-7-5-8(16)13-9(12-7)15(4)10(17)14(3)6-11-2/h5-6H,1-4H3,(H,12,13,16)/b11-6-. The number of nitrogens with one attached hydrogen (secondary N) is 1. The average molecular weight is 237 g/mol. The van der Waals surface area contributed by atoms with Gasteiger partial charge in [-0.3, -0.25) is 19.6 Å². The summed E-state index contributed by atoms with van der Waals surface area (Å²) >= 11 is 0. The van der Waals surface area contributed by atoms with Crippen molar-refractivity contribution in [3.63, 3.8) is 0 Å². The number of nitrogens with zero attached hydrogens (tertiary/aromatic N) is 4. The van der Waals surface area contributed by atoms with Crippen molar-refractivity contribution in [1.82, 2.24) is 14.9 Å². The van der Waals surface area contributed by atoms with Crippen LogP contribution in [0.2, 0.25) is 0 Å². The van der Waals surface area contributed by atoms with Gasteiger partial charge < -0.3 is 4.98 Å². The van der Waals surface area contributed by atoms with Crippen LogP contribution in [0.25, 0.3) is 0 Å². The Kier molecular flexibility index (Phi) is 3.97. The number of anilines is 1. The molecule has 1 aromatic heterocycles. The molecule has 0 saturated heterocycles. The molecule has 7 nitrogen and oxygen atoms in total. The summed E-state index contributed by atoms with van der Waals surface area (Å²) in [5, 5.41) is 0. The molecule has 1 N–H and O–H groups in total. The van der Waals surface area contributed by atoms with Gasteiger partial charge in [0.1, 0.15) is 0 Å². The minimum absolute atomic E-state index is 0.205. The number of urea groups is 1. The molecule has 0 spiro atoms. The number of aryl methyl sites for hydroxylation is 1. The summed E-state index contributed by atoms with van der Waals surface area (Å²) < 4.78 is 0. The van der Waals surface area contributed by atoms with E-state index < -0.39 is 0 Å². The number of carbonyl (C=O) groups excluding carboxylic acids is 1. The molecule has 0 atom stereocenters. The number of aromatic amines is 1. The first-order valence-corrected chi connectivity index (χ1v) is 4.96. The van der Waals surface area contributed by atoms with Crippen LogP contribution in [-0.2, 0) is 0 Å². The molecule has 17 heavy (non-hydrogen) atoms. The van der Waals surface area contributed by atoms with Gasteiger partial charge in [0.25, 0.3) is 5.56 Å². The van der Waals surface area contributed by atoms with Crippen LogP contribution in [-0.4, -0.2) is 48.4 Å². The Balaban J connectivity index is 3.00. The van der Waals surface area contributed by atoms with Gasteiger partial charge in [0.2, 0.25) is 5.95 Å². The molecule has 0 aliphatic carbocycles. The fourth-order valence-electron chi connectivity index (χ4n) is 1.27. The van der Waals surface area contributed by atoms with E-state index in [4.69, 9.17) is 0 Å². The third kappa shape index (κ3) is 3.13. The maximum Gasteiger partial charge on any atom is 0.331 e. The van der Waals surface area contributed by atoms with Crippen molar-refractivity contribution < 1.29 is 4.79 Å². The smallest absolute Gasteiger partial charge is 0.329 e. The van der Waals surface area contributed by atoms with Gasteiger partial charge in [0.05, 0.1) is 6.34 Å². The van der Waals surface area contributed by atoms with Gasteiger partial charge in [-0.1, -0.05) is 0 Å². The lowest BCUT2D eigenvalue weighted by Crippen LogP contribution is -2.39. The van der Waals surface area contributed by atoms with Gasteiger partial charge >= 0.3 is 6.03 Å². The number of rotatable bonds is 2. The van der Waals surface area contributed by atoms with Crippen molar-refractivity contribution in [2.75, 3.05) is 26.0 Å². The SMILES string of the molecule is C/N=C\N(C)C(=O)N(C)c1nc(=O)cc(C)[nH]1. The lowest BCUT2D eigenvalue weighted by molar-refractivity contribution is 0.234. The second-order valence-corrected chi connectivity index (χ2v) is 3.55. The normalized spacial score (nSPS) is 10.6. The lowest BCUT2D eigenvalue weighted by atomic mass is 10.4. The maximum absolute atomic E-state index is 11.9. The summed E-state index contributed by atoms with van der Waals surface area (Å²) in [6.07, 6.45) is 1.38. The Labute approximate surface area is 98.8 Å². The molecule has 1 heterocycles. The maximum atomic E-state index is 11.9. The quantitative estimate of drug-likeness (QED) is 0.590. The van der Waals surface area contributed by atoms with E-state index >= 15 is 0 Å². The van der Waals surface area contributed by atoms with Crippen LogP contribution in [0.5, 0.6) is 0 Å². The second kappa shape index (κ2) is 5.24. The zero-order chi connectivity index (χ0) is 13.0. The van der Waals surface area contributed by atoms with Crippen LogP contribution >= 0.6 is 0 Å². The molecule has 0 aliphatic heterocycles. The Morgan fingerprint density at radius 2 is 2.18 bits per heavy atom. The fraction of sp³-hybridized carbons (Fsp3) is 0.400. The van der Waals surface area contributed by atoms with Crippen molar-refractivity contribution in [2.45, 2.75) is 6.92 Å². The van der Waals surface area contributed by atoms with Crippen molar-refractivity contribution in [3.05, 3.63) is 22.1 Å². The van der Waals surface area contributed by atoms with E-state index in [9.17, 15) is 9.59 Å². The highest BCUT2D eigenvalue weighted by atomic mass is 16.2. The van der Waals surface area contributed by atoms with Crippen LogP contribution in [0.1, 0.15) is 5.69 Å². The van der Waals surface area contributed by atoms with Crippen LogP contribution < -0.4 is 10.5 Å². The van der Waals surface area contributed by atoms with E-state index in [0.29, 0.717) is 5.69 Å². The molecular weight excluding hydrogens is 222 g/mol. The molecule has 2 amide bonds.